The van der Waals surface area contributed by atoms with Gasteiger partial charge in [-0.15, -0.1) is 0 Å². The Balaban J connectivity index is 2.41. The number of aromatic nitrogens is 4. The van der Waals surface area contributed by atoms with E-state index in [-0.39, 0.29) is 23.1 Å². The average Bonchev–Trinajstić information content (AvgIpc) is 2.78. The van der Waals surface area contributed by atoms with E-state index in [4.69, 9.17) is 23.2 Å². The maximum absolute atomic E-state index is 9.20. The standard InChI is InChI=1S/C12H16Cl2N4O/c1-2-3-4-8(5-6-19)18-7-15-9-10(13)16-12(14)17-11(9)18/h7-8,19H,2-6H2,1H3/t8-/m0/s1. The van der Waals surface area contributed by atoms with E-state index < -0.39 is 0 Å². The van der Waals surface area contributed by atoms with E-state index >= 15 is 0 Å². The van der Waals surface area contributed by atoms with Crippen LogP contribution in [0.4, 0.5) is 0 Å². The predicted molar refractivity (Wildman–Crippen MR) is 75.6 cm³/mol. The average molecular weight is 303 g/mol. The van der Waals surface area contributed by atoms with Crippen LogP contribution in [0.25, 0.3) is 11.2 Å². The summed E-state index contributed by atoms with van der Waals surface area (Å²) in [6.07, 6.45) is 5.49. The van der Waals surface area contributed by atoms with E-state index in [1.54, 1.807) is 6.33 Å². The van der Waals surface area contributed by atoms with Crippen molar-refractivity contribution >= 4 is 34.4 Å². The Kier molecular flexibility index (Phi) is 4.96. The summed E-state index contributed by atoms with van der Waals surface area (Å²) in [5.41, 5.74) is 1.17. The van der Waals surface area contributed by atoms with Gasteiger partial charge in [-0.2, -0.15) is 4.98 Å². The van der Waals surface area contributed by atoms with Crippen LogP contribution in [0.1, 0.15) is 38.6 Å². The number of halogens is 2. The third kappa shape index (κ3) is 3.16. The Morgan fingerprint density at radius 1 is 1.32 bits per heavy atom. The van der Waals surface area contributed by atoms with Crippen LogP contribution in [0.5, 0.6) is 0 Å². The third-order valence-electron chi connectivity index (χ3n) is 3.10. The number of nitrogens with zero attached hydrogens (tertiary/aromatic N) is 4. The number of hydrogen-bond donors (Lipinski definition) is 1. The molecule has 0 fully saturated rings. The SMILES string of the molecule is CCCC[C@@H](CCO)n1cnc2c(Cl)nc(Cl)nc21. The van der Waals surface area contributed by atoms with E-state index in [0.717, 1.165) is 19.3 Å². The highest BCUT2D eigenvalue weighted by molar-refractivity contribution is 6.35. The molecule has 0 saturated carbocycles. The topological polar surface area (TPSA) is 63.8 Å². The van der Waals surface area contributed by atoms with Gasteiger partial charge in [0.2, 0.25) is 5.28 Å². The first kappa shape index (κ1) is 14.5. The quantitative estimate of drug-likeness (QED) is 0.657. The molecule has 19 heavy (non-hydrogen) atoms. The molecule has 104 valence electrons. The van der Waals surface area contributed by atoms with Crippen molar-refractivity contribution in [1.29, 1.82) is 0 Å². The molecule has 0 aromatic carbocycles. The lowest BCUT2D eigenvalue weighted by Crippen LogP contribution is -2.11. The van der Waals surface area contributed by atoms with Crippen LogP contribution in [0.15, 0.2) is 6.33 Å². The Morgan fingerprint density at radius 3 is 2.79 bits per heavy atom. The van der Waals surface area contributed by atoms with Gasteiger partial charge < -0.3 is 9.67 Å². The summed E-state index contributed by atoms with van der Waals surface area (Å²) >= 11 is 11.8. The van der Waals surface area contributed by atoms with E-state index in [2.05, 4.69) is 21.9 Å². The molecule has 2 heterocycles. The first-order valence-electron chi connectivity index (χ1n) is 6.33. The summed E-state index contributed by atoms with van der Waals surface area (Å²) in [6, 6.07) is 0.150. The second-order valence-electron chi connectivity index (χ2n) is 4.42. The molecule has 0 unspecified atom stereocenters. The second-order valence-corrected chi connectivity index (χ2v) is 5.11. The minimum atomic E-state index is 0.109. The van der Waals surface area contributed by atoms with Crippen LogP contribution in [0.3, 0.4) is 0 Å². The molecule has 0 aliphatic carbocycles. The van der Waals surface area contributed by atoms with Crippen LogP contribution < -0.4 is 0 Å². The molecule has 1 atom stereocenters. The highest BCUT2D eigenvalue weighted by Crippen LogP contribution is 2.26. The van der Waals surface area contributed by atoms with Crippen molar-refractivity contribution in [3.8, 4) is 0 Å². The first-order valence-corrected chi connectivity index (χ1v) is 7.09. The molecule has 5 nitrogen and oxygen atoms in total. The minimum Gasteiger partial charge on any atom is -0.396 e. The zero-order chi connectivity index (χ0) is 13.8. The molecule has 0 spiro atoms. The zero-order valence-electron chi connectivity index (χ0n) is 10.7. The maximum atomic E-state index is 9.20. The van der Waals surface area contributed by atoms with Gasteiger partial charge in [-0.3, -0.25) is 0 Å². The Labute approximate surface area is 121 Å². The summed E-state index contributed by atoms with van der Waals surface area (Å²) in [7, 11) is 0. The molecule has 2 aromatic rings. The summed E-state index contributed by atoms with van der Waals surface area (Å²) in [5.74, 6) is 0. The van der Waals surface area contributed by atoms with Gasteiger partial charge in [0.05, 0.1) is 6.33 Å². The molecule has 0 radical (unpaired) electrons. The van der Waals surface area contributed by atoms with Crippen LogP contribution in [-0.2, 0) is 0 Å². The van der Waals surface area contributed by atoms with Gasteiger partial charge in [-0.1, -0.05) is 31.4 Å². The fraction of sp³-hybridized carbons (Fsp3) is 0.583. The van der Waals surface area contributed by atoms with Gasteiger partial charge >= 0.3 is 0 Å². The number of imidazole rings is 1. The highest BCUT2D eigenvalue weighted by atomic mass is 35.5. The summed E-state index contributed by atoms with van der Waals surface area (Å²) in [5, 5.41) is 9.56. The summed E-state index contributed by atoms with van der Waals surface area (Å²) in [4.78, 5) is 12.3. The summed E-state index contributed by atoms with van der Waals surface area (Å²) in [6.45, 7) is 2.26. The Hall–Kier alpha value is -0.910. The van der Waals surface area contributed by atoms with Crippen LogP contribution in [-0.4, -0.2) is 31.2 Å². The van der Waals surface area contributed by atoms with Gasteiger partial charge in [-0.25, -0.2) is 9.97 Å². The van der Waals surface area contributed by atoms with Crippen molar-refractivity contribution in [2.75, 3.05) is 6.61 Å². The molecule has 7 heteroatoms. The smallest absolute Gasteiger partial charge is 0.225 e. The monoisotopic (exact) mass is 302 g/mol. The van der Waals surface area contributed by atoms with Gasteiger partial charge in [0, 0.05) is 12.6 Å². The van der Waals surface area contributed by atoms with Gasteiger partial charge in [0.15, 0.2) is 10.8 Å². The third-order valence-corrected chi connectivity index (χ3v) is 3.53. The van der Waals surface area contributed by atoms with Gasteiger partial charge in [0.25, 0.3) is 0 Å². The number of aliphatic hydroxyl groups is 1. The van der Waals surface area contributed by atoms with Crippen molar-refractivity contribution < 1.29 is 5.11 Å². The maximum Gasteiger partial charge on any atom is 0.225 e. The largest absolute Gasteiger partial charge is 0.396 e. The molecular formula is C12H16Cl2N4O. The molecule has 0 amide bonds. The van der Waals surface area contributed by atoms with Crippen LogP contribution in [0.2, 0.25) is 10.4 Å². The zero-order valence-corrected chi connectivity index (χ0v) is 12.2. The van der Waals surface area contributed by atoms with Gasteiger partial charge in [0.1, 0.15) is 5.52 Å². The van der Waals surface area contributed by atoms with E-state index in [1.165, 1.54) is 0 Å². The van der Waals surface area contributed by atoms with Crippen molar-refractivity contribution in [2.24, 2.45) is 0 Å². The Morgan fingerprint density at radius 2 is 2.11 bits per heavy atom. The molecule has 1 N–H and O–H groups in total. The fourth-order valence-corrected chi connectivity index (χ4v) is 2.56. The lowest BCUT2D eigenvalue weighted by atomic mass is 10.1. The van der Waals surface area contributed by atoms with Crippen molar-refractivity contribution in [3.05, 3.63) is 16.8 Å². The number of aliphatic hydroxyl groups excluding tert-OH is 1. The van der Waals surface area contributed by atoms with Crippen LogP contribution >= 0.6 is 23.2 Å². The van der Waals surface area contributed by atoms with Gasteiger partial charge in [-0.05, 0) is 24.4 Å². The molecule has 2 rings (SSSR count). The Bertz CT molecular complexity index is 558. The fourth-order valence-electron chi connectivity index (χ4n) is 2.14. The van der Waals surface area contributed by atoms with E-state index in [9.17, 15) is 5.11 Å². The molecule has 0 bridgehead atoms. The molecule has 2 aromatic heterocycles. The minimum absolute atomic E-state index is 0.109. The van der Waals surface area contributed by atoms with Crippen molar-refractivity contribution in [3.63, 3.8) is 0 Å². The lowest BCUT2D eigenvalue weighted by molar-refractivity contribution is 0.252. The van der Waals surface area contributed by atoms with E-state index in [1.807, 2.05) is 4.57 Å². The summed E-state index contributed by atoms with van der Waals surface area (Å²) < 4.78 is 1.93. The normalized spacial score (nSPS) is 13.1. The lowest BCUT2D eigenvalue weighted by Gasteiger charge is -2.17. The number of fused-ring (bicyclic) bond motifs is 1. The first-order chi connectivity index (χ1) is 9.17. The number of hydrogen-bond acceptors (Lipinski definition) is 4. The van der Waals surface area contributed by atoms with Crippen molar-refractivity contribution in [2.45, 2.75) is 38.6 Å². The second kappa shape index (κ2) is 6.50. The molecule has 0 aliphatic heterocycles. The molecular weight excluding hydrogens is 287 g/mol. The number of unbranched alkanes of at least 4 members (excludes halogenated alkanes) is 1. The van der Waals surface area contributed by atoms with E-state index in [0.29, 0.717) is 17.6 Å². The predicted octanol–water partition coefficient (Wildman–Crippen LogP) is 3.25. The van der Waals surface area contributed by atoms with Crippen molar-refractivity contribution in [1.82, 2.24) is 19.5 Å². The number of rotatable bonds is 6. The highest BCUT2D eigenvalue weighted by Gasteiger charge is 2.17. The van der Waals surface area contributed by atoms with Crippen LogP contribution in [0, 0.1) is 0 Å². The molecule has 0 aliphatic rings. The molecule has 0 saturated heterocycles.